The standard InChI is InChI=1S/C4H8N2O.2C4H9NO.C4H8O.6C3H7NO.7C3H7N.7C3H6O.C3H6.C2H4O2.4C2H4O.3C2H6/c1-3(5)6-4(2)7;2*1-3-4(6)5-2;1-3-4(2)5;6*1-3(5)4-2;4*1-3-4-2;10*1-3(2)4;1-3-2;1-4-2-3;4*1-2-3;3*1-2/h1-2H3,(H2,5,6,7);2*3H2,1-2H3,(H,5,6);3H2,1-2H3;6*1-2H3,(H,4,5);4*3H,1-2H3;3*4H,1-2H3;7*1-2H3;3H,1H2,2H3;2H,1H3;4*2H,1H3;3*1-2H3. The van der Waals surface area contributed by atoms with E-state index in [1.165, 1.54) is 187 Å². The molecule has 9 amide bonds. The van der Waals surface area contributed by atoms with Crippen LogP contribution in [-0.4, -0.2) is 271 Å². The summed E-state index contributed by atoms with van der Waals surface area (Å²) in [4.78, 5) is 223. The van der Waals surface area contributed by atoms with Gasteiger partial charge >= 0.3 is 0 Å². The second kappa shape index (κ2) is 294. The van der Waals surface area contributed by atoms with Crippen LogP contribution in [0.5, 0.6) is 0 Å². The number of amides is 9. The number of carbonyl (C=O) groups is 22. The van der Waals surface area contributed by atoms with Crippen molar-refractivity contribution in [3.8, 4) is 0 Å². The van der Waals surface area contributed by atoms with Crippen molar-refractivity contribution in [1.29, 1.82) is 21.6 Å². The van der Waals surface area contributed by atoms with E-state index in [2.05, 4.69) is 79.1 Å². The van der Waals surface area contributed by atoms with E-state index in [9.17, 15) is 81.5 Å². The average Bonchev–Trinajstić information content (AvgIpc) is 1.09. The lowest BCUT2D eigenvalue weighted by Gasteiger charge is -1.92. The highest BCUT2D eigenvalue weighted by molar-refractivity contribution is 5.94. The number of rotatable bonds is 4. The third kappa shape index (κ3) is 4930. The maximum absolute atomic E-state index is 10.1. The number of carbonyl (C=O) groups excluding carboxylic acids is 22. The van der Waals surface area contributed by atoms with Crippen LogP contribution < -0.4 is 47.9 Å². The summed E-state index contributed by atoms with van der Waals surface area (Å²) in [6, 6.07) is 0. The molecule has 0 aliphatic carbocycles. The lowest BCUT2D eigenvalue weighted by Crippen LogP contribution is -2.24. The molecule has 0 fully saturated rings. The van der Waals surface area contributed by atoms with E-state index < -0.39 is 0 Å². The van der Waals surface area contributed by atoms with Gasteiger partial charge in [0.2, 0.25) is 53.2 Å². The molecule has 0 aromatic rings. The van der Waals surface area contributed by atoms with Crippen molar-refractivity contribution >= 4 is 179 Å². The Bertz CT molecular complexity index is 2180. The first-order valence-corrected chi connectivity index (χ1v) is 41.9. The monoisotopic (exact) mass is 1960 g/mol. The Morgan fingerprint density at radius 3 is 0.341 bits per heavy atom. The predicted octanol–water partition coefficient (Wildman–Crippen LogP) is 14.9. The molecule has 0 rings (SSSR count). The summed E-state index contributed by atoms with van der Waals surface area (Å²) in [7, 11) is 21.2. The van der Waals surface area contributed by atoms with Crippen LogP contribution in [0.2, 0.25) is 0 Å². The number of aliphatic imine (C=N–C) groups is 4. The van der Waals surface area contributed by atoms with Crippen molar-refractivity contribution in [3.05, 3.63) is 12.7 Å². The van der Waals surface area contributed by atoms with Gasteiger partial charge in [0.25, 0.3) is 6.47 Å². The lowest BCUT2D eigenvalue weighted by molar-refractivity contribution is -0.126. The van der Waals surface area contributed by atoms with Crippen molar-refractivity contribution in [1.82, 2.24) is 47.9 Å². The Balaban J connectivity index is -0.0000000257. The van der Waals surface area contributed by atoms with E-state index >= 15 is 0 Å². The molecule has 0 saturated carbocycles. The van der Waals surface area contributed by atoms with Gasteiger partial charge in [-0.15, -0.1) is 6.58 Å². The van der Waals surface area contributed by atoms with E-state index in [0.29, 0.717) is 42.9 Å². The Morgan fingerprint density at radius 1 is 0.267 bits per heavy atom. The summed E-state index contributed by atoms with van der Waals surface area (Å²) >= 11 is 0. The molecule has 40 heteroatoms. The summed E-state index contributed by atoms with van der Waals surface area (Å²) in [5.74, 6) is 1.63. The number of ketones is 8. The number of nitrogens with zero attached hydrogens (tertiary/aromatic N) is 4. The number of hydrogen-bond donors (Lipinski definition) is 13. The topological polar surface area (TPSA) is 638 Å². The average molecular weight is 1960 g/mol. The fourth-order valence-corrected chi connectivity index (χ4v) is 0.618. The quantitative estimate of drug-likeness (QED) is 0.0538. The van der Waals surface area contributed by atoms with Crippen molar-refractivity contribution in [2.45, 2.75) is 345 Å². The third-order valence-electron chi connectivity index (χ3n) is 5.30. The summed E-state index contributed by atoms with van der Waals surface area (Å²) in [6.45, 7) is 81.6. The van der Waals surface area contributed by atoms with Gasteiger partial charge in [0, 0.05) is 169 Å². The van der Waals surface area contributed by atoms with Crippen LogP contribution in [0, 0.1) is 21.6 Å². The molecule has 0 aliphatic heterocycles. The molecule has 0 unspecified atom stereocenters. The first kappa shape index (κ1) is 226. The van der Waals surface area contributed by atoms with E-state index in [0.717, 1.165) is 25.1 Å². The molecule has 0 radical (unpaired) electrons. The molecule has 0 aliphatic rings. The number of ether oxygens (including phenoxy) is 1. The fourth-order valence-electron chi connectivity index (χ4n) is 0.618. The maximum Gasteiger partial charge on any atom is 0.292 e. The second-order valence-electron chi connectivity index (χ2n) is 22.4. The van der Waals surface area contributed by atoms with E-state index in [-0.39, 0.29) is 105 Å². The molecule has 0 heterocycles. The number of hydrogen-bond acceptors (Lipinski definition) is 31. The Labute approximate surface area is 823 Å². The van der Waals surface area contributed by atoms with Crippen LogP contribution in [0.15, 0.2) is 32.6 Å². The van der Waals surface area contributed by atoms with Crippen LogP contribution in [-0.2, 0) is 110 Å². The maximum atomic E-state index is 10.1. The molecule has 0 spiro atoms. The van der Waals surface area contributed by atoms with E-state index in [1.807, 2.05) is 96.9 Å². The number of amidine groups is 1. The summed E-state index contributed by atoms with van der Waals surface area (Å²) in [5, 5.41) is 47.7. The molecule has 814 valence electrons. The largest absolute Gasteiger partial charge is 0.471 e. The highest BCUT2D eigenvalue weighted by atomic mass is 16.5. The van der Waals surface area contributed by atoms with Gasteiger partial charge in [-0.1, -0.05) is 68.4 Å². The van der Waals surface area contributed by atoms with Gasteiger partial charge in [-0.25, -0.2) is 0 Å². The first-order valence-electron chi connectivity index (χ1n) is 41.9. The summed E-state index contributed by atoms with van der Waals surface area (Å²) < 4.78 is 3.86. The Morgan fingerprint density at radius 2 is 0.341 bits per heavy atom. The van der Waals surface area contributed by atoms with E-state index in [1.54, 1.807) is 164 Å². The number of aldehydes is 4. The van der Waals surface area contributed by atoms with Crippen LogP contribution in [0.1, 0.15) is 345 Å². The molecular weight excluding hydrogens is 1750 g/mol. The summed E-state index contributed by atoms with van der Waals surface area (Å²) in [5.41, 5.74) is 2.00. The minimum absolute atomic E-state index is 0.00463. The zero-order valence-corrected chi connectivity index (χ0v) is 96.8. The minimum atomic E-state index is -0.187. The number of allylic oxidation sites excluding steroid dienone is 1. The van der Waals surface area contributed by atoms with Crippen LogP contribution in [0.4, 0.5) is 0 Å². The van der Waals surface area contributed by atoms with Crippen LogP contribution in [0.3, 0.4) is 0 Å². The summed E-state index contributed by atoms with van der Waals surface area (Å²) in [6.07, 6.45) is 13.6. The third-order valence-corrected chi connectivity index (χ3v) is 5.30. The van der Waals surface area contributed by atoms with Gasteiger partial charge in [-0.05, 0) is 239 Å². The highest BCUT2D eigenvalue weighted by Gasteiger charge is 1.87. The fraction of sp³-hybridized carbons (Fsp3) is 0.663. The SMILES string of the molecule is C=CC.CC.CC.CC.CC(=N)NC(C)=O.CC(C)=N.CC(C)=N.CC(C)=N.CC(C)=O.CC(C)=O.CC(C)=O.CC(C)=O.CC(C)=O.CC(C)=O.CC(C)=O.CC=NC.CC=NC.CC=NC.CC=NC.CC=O.CC=O.CC=O.CC=O.CCC(=O)NC.CCC(=O)NC.CCC(C)=O.CNC(C)=O.CNC(C)=O.CNC(C)=O.CNC(C)=O.CNC(C)=O.CNC(C)=O.COC=O. The minimum Gasteiger partial charge on any atom is -0.471 e. The van der Waals surface area contributed by atoms with Crippen molar-refractivity contribution < 1.29 is 110 Å². The Hall–Kier alpha value is -12.2. The number of nitrogens with one attached hydrogen (secondary N) is 13. The van der Waals surface area contributed by atoms with E-state index in [4.69, 9.17) is 45.6 Å². The molecule has 0 aromatic heterocycles. The zero-order chi connectivity index (χ0) is 118. The predicted molar refractivity (Wildman–Crippen MR) is 577 cm³/mol. The first-order chi connectivity index (χ1) is 61.6. The smallest absolute Gasteiger partial charge is 0.292 e. The van der Waals surface area contributed by atoms with Gasteiger partial charge in [0.05, 0.1) is 12.9 Å². The lowest BCUT2D eigenvalue weighted by atomic mass is 10.4. The van der Waals surface area contributed by atoms with Gasteiger partial charge in [-0.3, -0.25) is 53.4 Å². The molecule has 0 bridgehead atoms. The highest BCUT2D eigenvalue weighted by Crippen LogP contribution is 1.72. The number of Topliss-reactive ketones (excluding diaryl/α,β-unsaturated/α-hetero) is 8. The Kier molecular flexibility index (Phi) is 491. The van der Waals surface area contributed by atoms with Gasteiger partial charge in [0.1, 0.15) is 71.4 Å². The van der Waals surface area contributed by atoms with Crippen LogP contribution in [0.25, 0.3) is 0 Å². The molecule has 0 atom stereocenters. The molecule has 0 aromatic carbocycles. The second-order valence-corrected chi connectivity index (χ2v) is 22.4. The van der Waals surface area contributed by atoms with Crippen molar-refractivity contribution in [3.63, 3.8) is 0 Å². The zero-order valence-electron chi connectivity index (χ0n) is 96.8. The molecule has 135 heavy (non-hydrogen) atoms. The van der Waals surface area contributed by atoms with Crippen LogP contribution >= 0.6 is 0 Å². The number of methoxy groups -OCH3 is 1. The van der Waals surface area contributed by atoms with Crippen molar-refractivity contribution in [2.75, 3.05) is 91.7 Å². The molecule has 40 nitrogen and oxygen atoms in total. The van der Waals surface area contributed by atoms with Gasteiger partial charge < -0.3 is 146 Å². The normalized spacial score (nSPS) is 6.70. The van der Waals surface area contributed by atoms with Crippen molar-refractivity contribution in [2.24, 2.45) is 20.0 Å². The molecular formula is C95H211N17O23. The van der Waals surface area contributed by atoms with Gasteiger partial charge in [-0.2, -0.15) is 0 Å². The van der Waals surface area contributed by atoms with Gasteiger partial charge in [0.15, 0.2) is 0 Å². The molecule has 13 N–H and O–H groups in total. The molecule has 0 saturated heterocycles.